The summed E-state index contributed by atoms with van der Waals surface area (Å²) in [7, 11) is -3.63. The van der Waals surface area contributed by atoms with Crippen LogP contribution in [0, 0.1) is 12.8 Å². The molecule has 7 nitrogen and oxygen atoms in total. The van der Waals surface area contributed by atoms with Crippen molar-refractivity contribution in [1.82, 2.24) is 9.73 Å². The summed E-state index contributed by atoms with van der Waals surface area (Å²) in [6.07, 6.45) is 2.65. The van der Waals surface area contributed by atoms with E-state index in [1.54, 1.807) is 42.5 Å². The quantitative estimate of drug-likeness (QED) is 0.593. The summed E-state index contributed by atoms with van der Waals surface area (Å²) in [4.78, 5) is 12.7. The molecule has 2 aromatic rings. The van der Waals surface area contributed by atoms with Crippen LogP contribution in [-0.2, 0) is 14.8 Å². The van der Waals surface area contributed by atoms with Crippen LogP contribution in [0.5, 0.6) is 5.75 Å². The first-order valence-electron chi connectivity index (χ1n) is 9.05. The maximum absolute atomic E-state index is 12.8. The molecule has 0 unspecified atom stereocenters. The second-order valence-electron chi connectivity index (χ2n) is 6.84. The van der Waals surface area contributed by atoms with Crippen molar-refractivity contribution in [3.8, 4) is 5.75 Å². The van der Waals surface area contributed by atoms with Gasteiger partial charge in [-0.1, -0.05) is 29.8 Å². The number of nitrogens with one attached hydrogen (secondary N) is 1. The van der Waals surface area contributed by atoms with Crippen LogP contribution in [0.4, 0.5) is 0 Å². The van der Waals surface area contributed by atoms with Gasteiger partial charge in [0.1, 0.15) is 5.75 Å². The molecule has 1 heterocycles. The molecular weight excluding hydrogens is 378 g/mol. The number of benzene rings is 2. The largest absolute Gasteiger partial charge is 0.508 e. The van der Waals surface area contributed by atoms with E-state index in [-0.39, 0.29) is 23.1 Å². The summed E-state index contributed by atoms with van der Waals surface area (Å²) < 4.78 is 27.0. The average Bonchev–Trinajstić information content (AvgIpc) is 2.68. The third-order valence-corrected chi connectivity index (χ3v) is 6.55. The molecule has 8 heteroatoms. The number of nitrogens with zero attached hydrogens (tertiary/aromatic N) is 2. The first-order valence-corrected chi connectivity index (χ1v) is 10.5. The monoisotopic (exact) mass is 401 g/mol. The highest BCUT2D eigenvalue weighted by molar-refractivity contribution is 7.89. The molecule has 0 saturated carbocycles. The number of aromatic hydroxyl groups is 1. The highest BCUT2D eigenvalue weighted by atomic mass is 32.2. The van der Waals surface area contributed by atoms with Crippen molar-refractivity contribution in [2.24, 2.45) is 11.0 Å². The van der Waals surface area contributed by atoms with E-state index in [1.165, 1.54) is 16.6 Å². The van der Waals surface area contributed by atoms with Crippen molar-refractivity contribution in [2.45, 2.75) is 24.7 Å². The van der Waals surface area contributed by atoms with Gasteiger partial charge < -0.3 is 5.11 Å². The molecule has 2 aromatic carbocycles. The lowest BCUT2D eigenvalue weighted by Gasteiger charge is -2.30. The molecule has 2 N–H and O–H groups in total. The maximum atomic E-state index is 12.8. The SMILES string of the molecule is Cc1ccc(S(=O)(=O)N2CCC[C@@H](C(=O)N/N=C\c3cccc(O)c3)C2)cc1. The molecule has 1 aliphatic heterocycles. The van der Waals surface area contributed by atoms with Crippen molar-refractivity contribution >= 4 is 22.1 Å². The van der Waals surface area contributed by atoms with E-state index in [2.05, 4.69) is 10.5 Å². The van der Waals surface area contributed by atoms with Gasteiger partial charge in [-0.05, 0) is 49.6 Å². The number of hydrogen-bond acceptors (Lipinski definition) is 5. The van der Waals surface area contributed by atoms with Crippen LogP contribution in [-0.4, -0.2) is 43.0 Å². The Hall–Kier alpha value is -2.71. The highest BCUT2D eigenvalue weighted by Gasteiger charge is 2.33. The van der Waals surface area contributed by atoms with E-state index in [0.717, 1.165) is 5.56 Å². The van der Waals surface area contributed by atoms with Crippen molar-refractivity contribution in [2.75, 3.05) is 13.1 Å². The summed E-state index contributed by atoms with van der Waals surface area (Å²) in [5.74, 6) is -0.671. The molecule has 1 fully saturated rings. The van der Waals surface area contributed by atoms with E-state index in [1.807, 2.05) is 6.92 Å². The second-order valence-corrected chi connectivity index (χ2v) is 8.78. The number of piperidine rings is 1. The fourth-order valence-corrected chi connectivity index (χ4v) is 4.62. The normalized spacial score (nSPS) is 18.2. The van der Waals surface area contributed by atoms with Crippen LogP contribution >= 0.6 is 0 Å². The third-order valence-electron chi connectivity index (χ3n) is 4.67. The van der Waals surface area contributed by atoms with E-state index < -0.39 is 15.9 Å². The Bertz CT molecular complexity index is 971. The van der Waals surface area contributed by atoms with E-state index in [4.69, 9.17) is 0 Å². The summed E-state index contributed by atoms with van der Waals surface area (Å²) in [5, 5.41) is 13.3. The zero-order chi connectivity index (χ0) is 20.1. The van der Waals surface area contributed by atoms with Gasteiger partial charge in [-0.3, -0.25) is 4.79 Å². The number of phenols is 1. The highest BCUT2D eigenvalue weighted by Crippen LogP contribution is 2.24. The Labute approximate surface area is 164 Å². The fraction of sp³-hybridized carbons (Fsp3) is 0.300. The van der Waals surface area contributed by atoms with E-state index >= 15 is 0 Å². The average molecular weight is 401 g/mol. The van der Waals surface area contributed by atoms with Gasteiger partial charge in [0.05, 0.1) is 17.0 Å². The lowest BCUT2D eigenvalue weighted by atomic mass is 9.99. The number of sulfonamides is 1. The Morgan fingerprint density at radius 3 is 2.71 bits per heavy atom. The Balaban J connectivity index is 1.64. The minimum absolute atomic E-state index is 0.111. The first-order chi connectivity index (χ1) is 13.4. The molecule has 1 amide bonds. The second kappa shape index (κ2) is 8.53. The fourth-order valence-electron chi connectivity index (χ4n) is 3.10. The summed E-state index contributed by atoms with van der Waals surface area (Å²) >= 11 is 0. The van der Waals surface area contributed by atoms with Crippen LogP contribution < -0.4 is 5.43 Å². The molecule has 0 aromatic heterocycles. The first kappa shape index (κ1) is 20.0. The van der Waals surface area contributed by atoms with Gasteiger partial charge in [-0.25, -0.2) is 13.8 Å². The molecule has 148 valence electrons. The number of hydrazone groups is 1. The van der Waals surface area contributed by atoms with Crippen molar-refractivity contribution in [3.05, 3.63) is 59.7 Å². The third kappa shape index (κ3) is 4.76. The molecule has 1 atom stereocenters. The predicted octanol–water partition coefficient (Wildman–Crippen LogP) is 2.25. The van der Waals surface area contributed by atoms with Crippen LogP contribution in [0.2, 0.25) is 0 Å². The lowest BCUT2D eigenvalue weighted by Crippen LogP contribution is -2.44. The number of phenolic OH excluding ortho intramolecular Hbond substituents is 1. The molecule has 28 heavy (non-hydrogen) atoms. The Morgan fingerprint density at radius 2 is 2.00 bits per heavy atom. The number of hydrogen-bond donors (Lipinski definition) is 2. The van der Waals surface area contributed by atoms with Gasteiger partial charge in [-0.15, -0.1) is 0 Å². The van der Waals surface area contributed by atoms with Crippen LogP contribution in [0.25, 0.3) is 0 Å². The number of aryl methyl sites for hydroxylation is 1. The van der Waals surface area contributed by atoms with Crippen molar-refractivity contribution in [3.63, 3.8) is 0 Å². The van der Waals surface area contributed by atoms with Gasteiger partial charge >= 0.3 is 0 Å². The topological polar surface area (TPSA) is 99.1 Å². The van der Waals surface area contributed by atoms with Crippen molar-refractivity contribution < 1.29 is 18.3 Å². The van der Waals surface area contributed by atoms with Crippen LogP contribution in [0.1, 0.15) is 24.0 Å². The molecule has 0 bridgehead atoms. The summed E-state index contributed by atoms with van der Waals surface area (Å²) in [6.45, 7) is 2.42. The minimum atomic E-state index is -3.63. The van der Waals surface area contributed by atoms with Crippen molar-refractivity contribution in [1.29, 1.82) is 0 Å². The summed E-state index contributed by atoms with van der Waals surface area (Å²) in [6, 6.07) is 13.2. The van der Waals surface area contributed by atoms with Gasteiger partial charge in [0.15, 0.2) is 0 Å². The number of carbonyl (C=O) groups is 1. The van der Waals surface area contributed by atoms with E-state index in [0.29, 0.717) is 24.9 Å². The summed E-state index contributed by atoms with van der Waals surface area (Å²) in [5.41, 5.74) is 4.10. The lowest BCUT2D eigenvalue weighted by molar-refractivity contribution is -0.126. The minimum Gasteiger partial charge on any atom is -0.508 e. The maximum Gasteiger partial charge on any atom is 0.244 e. The van der Waals surface area contributed by atoms with Crippen LogP contribution in [0.3, 0.4) is 0 Å². The van der Waals surface area contributed by atoms with Gasteiger partial charge in [0.2, 0.25) is 15.9 Å². The molecule has 0 radical (unpaired) electrons. The molecular formula is C20H23N3O4S. The number of rotatable bonds is 5. The standard InChI is InChI=1S/C20H23N3O4S/c1-15-7-9-19(10-8-15)28(26,27)23-11-3-5-17(14-23)20(25)22-21-13-16-4-2-6-18(24)12-16/h2,4,6-10,12-13,17,24H,3,5,11,14H2,1H3,(H,22,25)/b21-13-/t17-/m1/s1. The zero-order valence-electron chi connectivity index (χ0n) is 15.6. The number of amides is 1. The molecule has 1 aliphatic rings. The van der Waals surface area contributed by atoms with E-state index in [9.17, 15) is 18.3 Å². The molecule has 3 rings (SSSR count). The Morgan fingerprint density at radius 1 is 1.25 bits per heavy atom. The predicted molar refractivity (Wildman–Crippen MR) is 107 cm³/mol. The zero-order valence-corrected chi connectivity index (χ0v) is 16.4. The van der Waals surface area contributed by atoms with Crippen LogP contribution in [0.15, 0.2) is 58.5 Å². The molecule has 1 saturated heterocycles. The number of carbonyl (C=O) groups excluding carboxylic acids is 1. The van der Waals surface area contributed by atoms with Gasteiger partial charge in [0.25, 0.3) is 0 Å². The van der Waals surface area contributed by atoms with Gasteiger partial charge in [0, 0.05) is 13.1 Å². The van der Waals surface area contributed by atoms with Gasteiger partial charge in [-0.2, -0.15) is 9.41 Å². The smallest absolute Gasteiger partial charge is 0.244 e. The Kier molecular flexibility index (Phi) is 6.11. The molecule has 0 aliphatic carbocycles. The molecule has 0 spiro atoms.